The average molecular weight is 617 g/mol. The van der Waals surface area contributed by atoms with Crippen LogP contribution in [0.4, 0.5) is 27.9 Å². The molecule has 0 aliphatic carbocycles. The average Bonchev–Trinajstić information content (AvgIpc) is 3.44. The molecule has 4 aromatic rings. The van der Waals surface area contributed by atoms with E-state index in [-0.39, 0.29) is 23.2 Å². The second-order valence-corrected chi connectivity index (χ2v) is 10.4. The van der Waals surface area contributed by atoms with Crippen molar-refractivity contribution in [3.8, 4) is 17.9 Å². The summed E-state index contributed by atoms with van der Waals surface area (Å²) in [4.78, 5) is 24.0. The maximum Gasteiger partial charge on any atom is 0.404 e. The van der Waals surface area contributed by atoms with Gasteiger partial charge in [-0.2, -0.15) is 20.0 Å². The second kappa shape index (κ2) is 12.9. The maximum absolute atomic E-state index is 11.1. The van der Waals surface area contributed by atoms with E-state index in [4.69, 9.17) is 26.4 Å². The number of rotatable bonds is 9. The van der Waals surface area contributed by atoms with Crippen LogP contribution in [0.3, 0.4) is 0 Å². The summed E-state index contributed by atoms with van der Waals surface area (Å²) in [6.07, 6.45) is -0.431. The highest BCUT2D eigenvalue weighted by molar-refractivity contribution is 6.36. The van der Waals surface area contributed by atoms with Gasteiger partial charge in [-0.25, -0.2) is 9.78 Å². The number of fused-ring (bicyclic) bond motifs is 1. The molecule has 0 bridgehead atoms. The number of benzene rings is 2. The Morgan fingerprint density at radius 3 is 2.66 bits per heavy atom. The van der Waals surface area contributed by atoms with Gasteiger partial charge in [0.05, 0.1) is 53.5 Å². The van der Waals surface area contributed by atoms with Crippen LogP contribution in [0.1, 0.15) is 30.2 Å². The molecule has 3 heterocycles. The zero-order chi connectivity index (χ0) is 31.4. The van der Waals surface area contributed by atoms with Crippen LogP contribution in [0.25, 0.3) is 5.65 Å². The second-order valence-electron chi connectivity index (χ2n) is 10.1. The molecule has 0 radical (unpaired) electrons. The quantitative estimate of drug-likeness (QED) is 0.214. The fourth-order valence-electron chi connectivity index (χ4n) is 5.09. The number of piperidine rings is 1. The fourth-order valence-corrected chi connectivity index (χ4v) is 5.36. The number of imidazole rings is 1. The van der Waals surface area contributed by atoms with Gasteiger partial charge in [0.2, 0.25) is 5.95 Å². The summed E-state index contributed by atoms with van der Waals surface area (Å²) in [5.74, 6) is 1.33. The zero-order valence-corrected chi connectivity index (χ0v) is 24.7. The first-order chi connectivity index (χ1) is 21.2. The third kappa shape index (κ3) is 6.22. The van der Waals surface area contributed by atoms with Crippen LogP contribution in [-0.2, 0) is 6.54 Å². The van der Waals surface area contributed by atoms with Crippen molar-refractivity contribution in [2.24, 2.45) is 0 Å². The molecule has 0 saturated carbocycles. The number of nitrogens with zero attached hydrogens (tertiary/aromatic N) is 8. The normalized spacial score (nSPS) is 16.2. The lowest BCUT2D eigenvalue weighted by Crippen LogP contribution is -2.54. The molecule has 1 aliphatic rings. The number of ether oxygens (including phenoxy) is 1. The van der Waals surface area contributed by atoms with Crippen LogP contribution >= 0.6 is 11.6 Å². The van der Waals surface area contributed by atoms with Gasteiger partial charge in [-0.05, 0) is 43.2 Å². The van der Waals surface area contributed by atoms with Crippen molar-refractivity contribution in [1.82, 2.24) is 24.9 Å². The Morgan fingerprint density at radius 2 is 2.02 bits per heavy atom. The van der Waals surface area contributed by atoms with E-state index in [9.17, 15) is 20.4 Å². The molecule has 2 atom stereocenters. The Labute approximate surface area is 257 Å². The van der Waals surface area contributed by atoms with E-state index in [2.05, 4.69) is 32.9 Å². The number of aliphatic hydroxyl groups is 1. The highest BCUT2D eigenvalue weighted by Crippen LogP contribution is 2.37. The van der Waals surface area contributed by atoms with Crippen LogP contribution in [0.5, 0.6) is 5.75 Å². The fraction of sp³-hybridized carbons (Fsp3) is 0.310. The Kier molecular flexibility index (Phi) is 8.85. The molecule has 1 fully saturated rings. The van der Waals surface area contributed by atoms with Crippen LogP contribution in [0.15, 0.2) is 42.6 Å². The minimum atomic E-state index is -1.21. The topological polar surface area (TPSA) is 188 Å². The molecule has 15 heteroatoms. The third-order valence-corrected chi connectivity index (χ3v) is 7.73. The van der Waals surface area contributed by atoms with Gasteiger partial charge < -0.3 is 35.4 Å². The van der Waals surface area contributed by atoms with Crippen LogP contribution in [0.2, 0.25) is 5.02 Å². The standard InChI is InChI=1S/C29H29ClN10O4/c1-3-38(15-17-4-6-20(44-2)7-5-17)27-26-33-14-19(13-32)40(26)37-28(36-27)34-22-10-18(12-31)11-23(25(22)30)39-9-8-21(24(41)16-39)35-29(42)43/h4-7,10-11,14,21,24,35,41H,3,8-9,15-16H2,1-2H3,(H,34,37)(H,42,43). The van der Waals surface area contributed by atoms with Crippen LogP contribution in [-0.4, -0.2) is 74.8 Å². The van der Waals surface area contributed by atoms with Gasteiger partial charge in [0, 0.05) is 26.2 Å². The summed E-state index contributed by atoms with van der Waals surface area (Å²) < 4.78 is 6.67. The molecule has 5 rings (SSSR count). The first kappa shape index (κ1) is 30.2. The minimum absolute atomic E-state index is 0.100. The van der Waals surface area contributed by atoms with E-state index in [0.29, 0.717) is 54.5 Å². The number of methoxy groups -OCH3 is 1. The molecule has 2 aromatic carbocycles. The van der Waals surface area contributed by atoms with Crippen molar-refractivity contribution in [1.29, 1.82) is 10.5 Å². The summed E-state index contributed by atoms with van der Waals surface area (Å²) >= 11 is 6.85. The Morgan fingerprint density at radius 1 is 1.25 bits per heavy atom. The third-order valence-electron chi connectivity index (χ3n) is 7.33. The Balaban J connectivity index is 1.50. The smallest absolute Gasteiger partial charge is 0.404 e. The predicted molar refractivity (Wildman–Crippen MR) is 162 cm³/mol. The number of nitrogens with one attached hydrogen (secondary N) is 2. The van der Waals surface area contributed by atoms with E-state index >= 15 is 0 Å². The van der Waals surface area contributed by atoms with Gasteiger partial charge in [0.15, 0.2) is 17.2 Å². The number of amides is 1. The van der Waals surface area contributed by atoms with Crippen molar-refractivity contribution in [3.05, 3.63) is 64.4 Å². The van der Waals surface area contributed by atoms with Crippen molar-refractivity contribution >= 4 is 46.5 Å². The largest absolute Gasteiger partial charge is 0.497 e. The molecular weight excluding hydrogens is 588 g/mol. The molecule has 0 spiro atoms. The molecule has 2 aromatic heterocycles. The van der Waals surface area contributed by atoms with Gasteiger partial charge in [-0.15, -0.1) is 5.10 Å². The molecule has 1 amide bonds. The number of carboxylic acid groups (broad SMARTS) is 1. The van der Waals surface area contributed by atoms with E-state index in [0.717, 1.165) is 11.3 Å². The van der Waals surface area contributed by atoms with Gasteiger partial charge in [-0.1, -0.05) is 23.7 Å². The number of nitriles is 2. The number of β-amino-alcohol motifs (C(OH)–C–C–N with tert-alkyl or cyclic N) is 1. The molecule has 2 unspecified atom stereocenters. The van der Waals surface area contributed by atoms with Crippen molar-refractivity contribution in [2.45, 2.75) is 32.0 Å². The molecule has 4 N–H and O–H groups in total. The Bertz CT molecular complexity index is 1770. The highest BCUT2D eigenvalue weighted by Gasteiger charge is 2.30. The van der Waals surface area contributed by atoms with Crippen molar-refractivity contribution < 1.29 is 19.7 Å². The predicted octanol–water partition coefficient (Wildman–Crippen LogP) is 3.51. The number of hydrogen-bond donors (Lipinski definition) is 4. The van der Waals surface area contributed by atoms with Crippen LogP contribution in [0, 0.1) is 22.7 Å². The van der Waals surface area contributed by atoms with Gasteiger partial charge in [-0.3, -0.25) is 0 Å². The molecule has 14 nitrogen and oxygen atoms in total. The van der Waals surface area contributed by atoms with E-state index in [1.54, 1.807) is 24.1 Å². The van der Waals surface area contributed by atoms with E-state index < -0.39 is 18.2 Å². The zero-order valence-electron chi connectivity index (χ0n) is 23.9. The lowest BCUT2D eigenvalue weighted by molar-refractivity contribution is 0.108. The number of aliphatic hydroxyl groups excluding tert-OH is 1. The lowest BCUT2D eigenvalue weighted by atomic mass is 10.0. The van der Waals surface area contributed by atoms with E-state index in [1.165, 1.54) is 10.7 Å². The molecule has 226 valence electrons. The van der Waals surface area contributed by atoms with Gasteiger partial charge in [0.25, 0.3) is 0 Å². The highest BCUT2D eigenvalue weighted by atomic mass is 35.5. The van der Waals surface area contributed by atoms with Crippen LogP contribution < -0.4 is 25.2 Å². The number of halogens is 1. The van der Waals surface area contributed by atoms with Gasteiger partial charge >= 0.3 is 6.09 Å². The van der Waals surface area contributed by atoms with E-state index in [1.807, 2.05) is 36.1 Å². The SMILES string of the molecule is CCN(Cc1ccc(OC)cc1)c1nc(Nc2cc(C#N)cc(N3CCC(NC(=O)O)C(O)C3)c2Cl)nn2c(C#N)cnc12. The molecule has 1 aliphatic heterocycles. The first-order valence-electron chi connectivity index (χ1n) is 13.7. The molecule has 44 heavy (non-hydrogen) atoms. The lowest BCUT2D eigenvalue weighted by Gasteiger charge is -2.37. The number of aromatic nitrogens is 4. The first-order valence-corrected chi connectivity index (χ1v) is 14.1. The number of carbonyl (C=O) groups is 1. The Hall–Kier alpha value is -5.31. The maximum atomic E-state index is 11.1. The monoisotopic (exact) mass is 616 g/mol. The summed E-state index contributed by atoms with van der Waals surface area (Å²) in [5, 5.41) is 49.3. The molecular formula is C29H29ClN10O4. The summed E-state index contributed by atoms with van der Waals surface area (Å²) in [5.41, 5.74) is 2.72. The minimum Gasteiger partial charge on any atom is -0.497 e. The van der Waals surface area contributed by atoms with Crippen molar-refractivity contribution in [3.63, 3.8) is 0 Å². The number of anilines is 4. The summed E-state index contributed by atoms with van der Waals surface area (Å²) in [6, 6.07) is 14.4. The molecule has 1 saturated heterocycles. The summed E-state index contributed by atoms with van der Waals surface area (Å²) in [7, 11) is 1.61. The number of hydrogen-bond acceptors (Lipinski definition) is 11. The summed E-state index contributed by atoms with van der Waals surface area (Å²) in [6.45, 7) is 3.53. The van der Waals surface area contributed by atoms with Gasteiger partial charge in [0.1, 0.15) is 11.8 Å². The van der Waals surface area contributed by atoms with Crippen molar-refractivity contribution in [2.75, 3.05) is 41.9 Å².